The van der Waals surface area contributed by atoms with Crippen molar-refractivity contribution in [1.29, 1.82) is 0 Å². The molecule has 0 amide bonds. The normalized spacial score (nSPS) is 22.9. The molecule has 20 heavy (non-hydrogen) atoms. The Hall–Kier alpha value is -0.450. The first-order chi connectivity index (χ1) is 9.50. The molecule has 2 atom stereocenters. The average Bonchev–Trinajstić information content (AvgIpc) is 2.85. The maximum atomic E-state index is 11.9. The van der Waals surface area contributed by atoms with Gasteiger partial charge in [-0.15, -0.1) is 0 Å². The quantitative estimate of drug-likeness (QED) is 0.626. The molecular weight excluding hydrogens is 254 g/mol. The zero-order valence-corrected chi connectivity index (χ0v) is 13.5. The molecule has 4 heteroatoms. The molecule has 0 saturated heterocycles. The highest BCUT2D eigenvalue weighted by Crippen LogP contribution is 2.30. The first kappa shape index (κ1) is 17.6. The van der Waals surface area contributed by atoms with Crippen molar-refractivity contribution in [3.63, 3.8) is 0 Å². The van der Waals surface area contributed by atoms with Crippen LogP contribution in [0.5, 0.6) is 0 Å². The predicted octanol–water partition coefficient (Wildman–Crippen LogP) is 2.41. The van der Waals surface area contributed by atoms with E-state index in [2.05, 4.69) is 19.2 Å². The summed E-state index contributed by atoms with van der Waals surface area (Å²) < 4.78 is 11.3. The van der Waals surface area contributed by atoms with Crippen LogP contribution in [-0.4, -0.2) is 44.3 Å². The lowest BCUT2D eigenvalue weighted by molar-refractivity contribution is -0.126. The largest absolute Gasteiger partial charge is 0.378 e. The zero-order valence-electron chi connectivity index (χ0n) is 13.5. The molecule has 0 spiro atoms. The third-order valence-corrected chi connectivity index (χ3v) is 3.74. The van der Waals surface area contributed by atoms with Crippen LogP contribution in [0.25, 0.3) is 0 Å². The zero-order chi connectivity index (χ0) is 15.0. The van der Waals surface area contributed by atoms with Gasteiger partial charge in [0.2, 0.25) is 0 Å². The van der Waals surface area contributed by atoms with E-state index < -0.39 is 0 Å². The molecule has 0 radical (unpaired) electrons. The third kappa shape index (κ3) is 6.82. The fourth-order valence-electron chi connectivity index (χ4n) is 2.62. The summed E-state index contributed by atoms with van der Waals surface area (Å²) in [6.07, 6.45) is 3.14. The minimum atomic E-state index is 0.149. The number of nitrogens with one attached hydrogen (secondary N) is 1. The van der Waals surface area contributed by atoms with Crippen molar-refractivity contribution in [3.05, 3.63) is 0 Å². The molecule has 0 aliphatic heterocycles. The van der Waals surface area contributed by atoms with Crippen molar-refractivity contribution in [1.82, 2.24) is 5.32 Å². The summed E-state index contributed by atoms with van der Waals surface area (Å²) in [5.41, 5.74) is 0. The third-order valence-electron chi connectivity index (χ3n) is 3.74. The lowest BCUT2D eigenvalue weighted by Crippen LogP contribution is -2.27. The Balaban J connectivity index is 2.00. The van der Waals surface area contributed by atoms with Gasteiger partial charge in [-0.1, -0.05) is 27.7 Å². The van der Waals surface area contributed by atoms with Gasteiger partial charge in [0.15, 0.2) is 0 Å². The van der Waals surface area contributed by atoms with Crippen molar-refractivity contribution >= 4 is 5.78 Å². The first-order valence-electron chi connectivity index (χ1n) is 7.97. The van der Waals surface area contributed by atoms with E-state index in [4.69, 9.17) is 9.47 Å². The molecule has 0 aromatic rings. The maximum absolute atomic E-state index is 11.9. The van der Waals surface area contributed by atoms with E-state index in [0.717, 1.165) is 32.4 Å². The number of rotatable bonds is 10. The maximum Gasteiger partial charge on any atom is 0.138 e. The summed E-state index contributed by atoms with van der Waals surface area (Å²) in [7, 11) is 0. The van der Waals surface area contributed by atoms with Gasteiger partial charge in [0.1, 0.15) is 5.78 Å². The van der Waals surface area contributed by atoms with E-state index in [9.17, 15) is 4.79 Å². The van der Waals surface area contributed by atoms with Crippen LogP contribution in [0.15, 0.2) is 0 Å². The molecule has 0 aromatic carbocycles. The minimum absolute atomic E-state index is 0.149. The molecular formula is C16H31NO3. The van der Waals surface area contributed by atoms with Crippen LogP contribution in [0.4, 0.5) is 0 Å². The standard InChI is InChI=1S/C16H31NO3/c1-12(2)16(18)14-5-6-15(11-14)20-10-9-19-8-7-17-13(3)4/h12-15,17H,5-11H2,1-4H3. The first-order valence-corrected chi connectivity index (χ1v) is 7.97. The fourth-order valence-corrected chi connectivity index (χ4v) is 2.62. The molecule has 118 valence electrons. The lowest BCUT2D eigenvalue weighted by atomic mass is 9.94. The van der Waals surface area contributed by atoms with Gasteiger partial charge in [-0.25, -0.2) is 0 Å². The smallest absolute Gasteiger partial charge is 0.138 e. The van der Waals surface area contributed by atoms with Gasteiger partial charge in [-0.05, 0) is 19.3 Å². The van der Waals surface area contributed by atoms with Crippen LogP contribution in [0.1, 0.15) is 47.0 Å². The van der Waals surface area contributed by atoms with Gasteiger partial charge in [0.05, 0.1) is 25.9 Å². The van der Waals surface area contributed by atoms with Crippen LogP contribution in [0, 0.1) is 11.8 Å². The topological polar surface area (TPSA) is 47.6 Å². The number of Topliss-reactive ketones (excluding diaryl/α,β-unsaturated/α-hetero) is 1. The summed E-state index contributed by atoms with van der Waals surface area (Å²) in [4.78, 5) is 11.9. The second-order valence-corrected chi connectivity index (χ2v) is 6.28. The highest BCUT2D eigenvalue weighted by atomic mass is 16.5. The molecule has 1 N–H and O–H groups in total. The Bertz CT molecular complexity index is 279. The molecule has 0 aromatic heterocycles. The summed E-state index contributed by atoms with van der Waals surface area (Å²) in [6, 6.07) is 0.503. The van der Waals surface area contributed by atoms with Gasteiger partial charge >= 0.3 is 0 Å². The van der Waals surface area contributed by atoms with E-state index in [-0.39, 0.29) is 17.9 Å². The van der Waals surface area contributed by atoms with Gasteiger partial charge in [-0.2, -0.15) is 0 Å². The number of ether oxygens (including phenoxy) is 2. The Morgan fingerprint density at radius 1 is 1.15 bits per heavy atom. The molecule has 0 heterocycles. The molecule has 4 nitrogen and oxygen atoms in total. The number of hydrogen-bond acceptors (Lipinski definition) is 4. The Labute approximate surface area is 123 Å². The van der Waals surface area contributed by atoms with Crippen LogP contribution in [0.2, 0.25) is 0 Å². The van der Waals surface area contributed by atoms with Crippen LogP contribution in [-0.2, 0) is 14.3 Å². The molecule has 1 rings (SSSR count). The summed E-state index contributed by atoms with van der Waals surface area (Å²) in [5.74, 6) is 0.763. The molecule has 1 saturated carbocycles. The van der Waals surface area contributed by atoms with Crippen LogP contribution >= 0.6 is 0 Å². The van der Waals surface area contributed by atoms with E-state index in [1.165, 1.54) is 0 Å². The SMILES string of the molecule is CC(C)NCCOCCOC1CCC(C(=O)C(C)C)C1. The van der Waals surface area contributed by atoms with Crippen LogP contribution in [0.3, 0.4) is 0 Å². The van der Waals surface area contributed by atoms with E-state index in [0.29, 0.717) is 25.0 Å². The second kappa shape index (κ2) is 9.48. The van der Waals surface area contributed by atoms with E-state index in [1.807, 2.05) is 13.8 Å². The van der Waals surface area contributed by atoms with Crippen molar-refractivity contribution in [3.8, 4) is 0 Å². The summed E-state index contributed by atoms with van der Waals surface area (Å²) in [6.45, 7) is 11.1. The van der Waals surface area contributed by atoms with Gasteiger partial charge in [-0.3, -0.25) is 4.79 Å². The predicted molar refractivity (Wildman–Crippen MR) is 80.9 cm³/mol. The molecule has 1 aliphatic carbocycles. The second-order valence-electron chi connectivity index (χ2n) is 6.28. The highest BCUT2D eigenvalue weighted by Gasteiger charge is 2.31. The molecule has 1 fully saturated rings. The van der Waals surface area contributed by atoms with Gasteiger partial charge in [0, 0.05) is 24.4 Å². The van der Waals surface area contributed by atoms with Gasteiger partial charge < -0.3 is 14.8 Å². The molecule has 1 aliphatic rings. The van der Waals surface area contributed by atoms with Crippen molar-refractivity contribution in [2.45, 2.75) is 59.1 Å². The number of ketones is 1. The van der Waals surface area contributed by atoms with Crippen molar-refractivity contribution < 1.29 is 14.3 Å². The van der Waals surface area contributed by atoms with Crippen molar-refractivity contribution in [2.24, 2.45) is 11.8 Å². The monoisotopic (exact) mass is 285 g/mol. The number of carbonyl (C=O) groups excluding carboxylic acids is 1. The van der Waals surface area contributed by atoms with Crippen LogP contribution < -0.4 is 5.32 Å². The minimum Gasteiger partial charge on any atom is -0.378 e. The fraction of sp³-hybridized carbons (Fsp3) is 0.938. The van der Waals surface area contributed by atoms with Gasteiger partial charge in [0.25, 0.3) is 0 Å². The Kier molecular flexibility index (Phi) is 8.34. The number of hydrogen-bond donors (Lipinski definition) is 1. The van der Waals surface area contributed by atoms with E-state index >= 15 is 0 Å². The highest BCUT2D eigenvalue weighted by molar-refractivity contribution is 5.83. The Morgan fingerprint density at radius 3 is 2.55 bits per heavy atom. The van der Waals surface area contributed by atoms with E-state index in [1.54, 1.807) is 0 Å². The summed E-state index contributed by atoms with van der Waals surface area (Å²) in [5, 5.41) is 3.30. The van der Waals surface area contributed by atoms with Crippen molar-refractivity contribution in [2.75, 3.05) is 26.4 Å². The Morgan fingerprint density at radius 2 is 1.90 bits per heavy atom. The lowest BCUT2D eigenvalue weighted by Gasteiger charge is -2.14. The summed E-state index contributed by atoms with van der Waals surface area (Å²) >= 11 is 0. The molecule has 2 unspecified atom stereocenters. The average molecular weight is 285 g/mol. The number of carbonyl (C=O) groups is 1. The molecule has 0 bridgehead atoms.